The Balaban J connectivity index is 2.24. The quantitative estimate of drug-likeness (QED) is 0.507. The van der Waals surface area contributed by atoms with Gasteiger partial charge in [-0.1, -0.05) is 51.7 Å². The molecule has 0 unspecified atom stereocenters. The van der Waals surface area contributed by atoms with Gasteiger partial charge in [-0.05, 0) is 25.2 Å². The zero-order chi connectivity index (χ0) is 15.7. The standard InChI is InChI=1S/C16H30N2O2S/c1-13(2)7-5-3-4-6-10-18-15(19)16(14(17)21)8-11-20-12-9-16/h13H,3-12H2,1-2H3,(H2,17,21)(H,18,19). The molecule has 0 radical (unpaired) electrons. The molecule has 21 heavy (non-hydrogen) atoms. The van der Waals surface area contributed by atoms with Gasteiger partial charge in [-0.3, -0.25) is 4.79 Å². The Morgan fingerprint density at radius 1 is 1.24 bits per heavy atom. The lowest BCUT2D eigenvalue weighted by molar-refractivity contribution is -0.131. The molecule has 1 aliphatic heterocycles. The van der Waals surface area contributed by atoms with Crippen molar-refractivity contribution in [3.63, 3.8) is 0 Å². The van der Waals surface area contributed by atoms with E-state index < -0.39 is 5.41 Å². The van der Waals surface area contributed by atoms with Crippen LogP contribution in [0, 0.1) is 11.3 Å². The van der Waals surface area contributed by atoms with Gasteiger partial charge >= 0.3 is 0 Å². The van der Waals surface area contributed by atoms with Gasteiger partial charge in [0.2, 0.25) is 5.91 Å². The first kappa shape index (κ1) is 18.4. The fourth-order valence-electron chi connectivity index (χ4n) is 2.71. The molecular formula is C16H30N2O2S. The summed E-state index contributed by atoms with van der Waals surface area (Å²) >= 11 is 5.13. The zero-order valence-electron chi connectivity index (χ0n) is 13.5. The molecule has 0 aliphatic carbocycles. The molecule has 0 spiro atoms. The smallest absolute Gasteiger partial charge is 0.233 e. The van der Waals surface area contributed by atoms with Crippen molar-refractivity contribution in [3.8, 4) is 0 Å². The maximum absolute atomic E-state index is 12.4. The van der Waals surface area contributed by atoms with Crippen LogP contribution in [0.2, 0.25) is 0 Å². The summed E-state index contributed by atoms with van der Waals surface area (Å²) < 4.78 is 5.32. The minimum absolute atomic E-state index is 0.0134. The molecule has 0 atom stereocenters. The lowest BCUT2D eigenvalue weighted by Crippen LogP contribution is -2.52. The number of carbonyl (C=O) groups excluding carboxylic acids is 1. The lowest BCUT2D eigenvalue weighted by atomic mass is 9.79. The first-order chi connectivity index (χ1) is 9.99. The molecule has 1 aliphatic rings. The van der Waals surface area contributed by atoms with Crippen LogP contribution in [0.1, 0.15) is 58.8 Å². The van der Waals surface area contributed by atoms with E-state index in [-0.39, 0.29) is 5.91 Å². The maximum atomic E-state index is 12.4. The molecule has 3 N–H and O–H groups in total. The van der Waals surface area contributed by atoms with Gasteiger partial charge in [0.25, 0.3) is 0 Å². The maximum Gasteiger partial charge on any atom is 0.233 e. The van der Waals surface area contributed by atoms with Gasteiger partial charge in [-0.15, -0.1) is 0 Å². The van der Waals surface area contributed by atoms with Gasteiger partial charge in [-0.2, -0.15) is 0 Å². The molecule has 1 saturated heterocycles. The number of carbonyl (C=O) groups is 1. The van der Waals surface area contributed by atoms with Crippen LogP contribution in [0.15, 0.2) is 0 Å². The number of rotatable bonds is 9. The van der Waals surface area contributed by atoms with E-state index >= 15 is 0 Å². The van der Waals surface area contributed by atoms with Gasteiger partial charge in [0.05, 0.1) is 4.99 Å². The number of nitrogens with one attached hydrogen (secondary N) is 1. The molecule has 0 aromatic carbocycles. The Labute approximate surface area is 134 Å². The van der Waals surface area contributed by atoms with E-state index in [4.69, 9.17) is 22.7 Å². The highest BCUT2D eigenvalue weighted by atomic mass is 32.1. The van der Waals surface area contributed by atoms with E-state index in [9.17, 15) is 4.79 Å². The predicted molar refractivity (Wildman–Crippen MR) is 90.2 cm³/mol. The fourth-order valence-corrected chi connectivity index (χ4v) is 3.00. The number of ether oxygens (including phenoxy) is 1. The van der Waals surface area contributed by atoms with E-state index in [1.54, 1.807) is 0 Å². The molecule has 0 bridgehead atoms. The van der Waals surface area contributed by atoms with Crippen molar-refractivity contribution in [1.29, 1.82) is 0 Å². The number of unbranched alkanes of at least 4 members (excludes halogenated alkanes) is 3. The van der Waals surface area contributed by atoms with Gasteiger partial charge < -0.3 is 15.8 Å². The van der Waals surface area contributed by atoms with Crippen molar-refractivity contribution in [1.82, 2.24) is 5.32 Å². The summed E-state index contributed by atoms with van der Waals surface area (Å²) in [4.78, 5) is 12.7. The average molecular weight is 314 g/mol. The number of hydrogen-bond donors (Lipinski definition) is 2. The molecule has 1 heterocycles. The zero-order valence-corrected chi connectivity index (χ0v) is 14.3. The predicted octanol–water partition coefficient (Wildman–Crippen LogP) is 2.79. The van der Waals surface area contributed by atoms with Crippen LogP contribution in [0.4, 0.5) is 0 Å². The van der Waals surface area contributed by atoms with Crippen LogP contribution in [-0.4, -0.2) is 30.7 Å². The van der Waals surface area contributed by atoms with Crippen molar-refractivity contribution in [2.75, 3.05) is 19.8 Å². The van der Waals surface area contributed by atoms with Crippen molar-refractivity contribution in [2.24, 2.45) is 17.1 Å². The Morgan fingerprint density at radius 2 is 1.86 bits per heavy atom. The minimum Gasteiger partial charge on any atom is -0.392 e. The molecule has 0 aromatic heterocycles. The first-order valence-corrected chi connectivity index (χ1v) is 8.56. The van der Waals surface area contributed by atoms with Crippen molar-refractivity contribution >= 4 is 23.1 Å². The third-order valence-electron chi connectivity index (χ3n) is 4.25. The molecule has 0 saturated carbocycles. The molecule has 4 nitrogen and oxygen atoms in total. The summed E-state index contributed by atoms with van der Waals surface area (Å²) in [7, 11) is 0. The third kappa shape index (κ3) is 5.91. The van der Waals surface area contributed by atoms with Crippen molar-refractivity contribution in [3.05, 3.63) is 0 Å². The van der Waals surface area contributed by atoms with Crippen LogP contribution in [0.25, 0.3) is 0 Å². The summed E-state index contributed by atoms with van der Waals surface area (Å²) in [5.74, 6) is 0.768. The minimum atomic E-state index is -0.689. The fraction of sp³-hybridized carbons (Fsp3) is 0.875. The van der Waals surface area contributed by atoms with E-state index in [0.29, 0.717) is 37.6 Å². The highest BCUT2D eigenvalue weighted by Gasteiger charge is 2.42. The van der Waals surface area contributed by atoms with Crippen molar-refractivity contribution in [2.45, 2.75) is 58.8 Å². The van der Waals surface area contributed by atoms with Gasteiger partial charge in [0, 0.05) is 19.8 Å². The Bertz CT molecular complexity index is 339. The lowest BCUT2D eigenvalue weighted by Gasteiger charge is -2.34. The van der Waals surface area contributed by atoms with Gasteiger partial charge in [0.15, 0.2) is 0 Å². The van der Waals surface area contributed by atoms with Gasteiger partial charge in [0.1, 0.15) is 5.41 Å². The van der Waals surface area contributed by atoms with E-state index in [0.717, 1.165) is 18.8 Å². The largest absolute Gasteiger partial charge is 0.392 e. The van der Waals surface area contributed by atoms with Crippen LogP contribution in [-0.2, 0) is 9.53 Å². The number of thiocarbonyl (C=S) groups is 1. The SMILES string of the molecule is CC(C)CCCCCCNC(=O)C1(C(N)=S)CCOCC1. The van der Waals surface area contributed by atoms with Crippen LogP contribution < -0.4 is 11.1 Å². The molecule has 5 heteroatoms. The first-order valence-electron chi connectivity index (χ1n) is 8.15. The Morgan fingerprint density at radius 3 is 2.43 bits per heavy atom. The third-order valence-corrected chi connectivity index (χ3v) is 4.64. The van der Waals surface area contributed by atoms with Crippen molar-refractivity contribution < 1.29 is 9.53 Å². The molecule has 1 amide bonds. The van der Waals surface area contributed by atoms with Crippen LogP contribution in [0.5, 0.6) is 0 Å². The summed E-state index contributed by atoms with van der Waals surface area (Å²) in [6, 6.07) is 0. The van der Waals surface area contributed by atoms with E-state index in [1.165, 1.54) is 19.3 Å². The summed E-state index contributed by atoms with van der Waals surface area (Å²) in [5.41, 5.74) is 5.13. The second-order valence-electron chi connectivity index (χ2n) is 6.41. The topological polar surface area (TPSA) is 64.4 Å². The van der Waals surface area contributed by atoms with E-state index in [1.807, 2.05) is 0 Å². The van der Waals surface area contributed by atoms with Crippen LogP contribution in [0.3, 0.4) is 0 Å². The number of nitrogens with two attached hydrogens (primary N) is 1. The highest BCUT2D eigenvalue weighted by molar-refractivity contribution is 7.80. The molecule has 1 rings (SSSR count). The molecule has 122 valence electrons. The number of hydrogen-bond acceptors (Lipinski definition) is 3. The Hall–Kier alpha value is -0.680. The summed E-state index contributed by atoms with van der Waals surface area (Å²) in [6.45, 7) is 6.33. The summed E-state index contributed by atoms with van der Waals surface area (Å²) in [5, 5.41) is 3.01. The number of amides is 1. The Kier molecular flexibility index (Phi) is 8.19. The molecule has 1 fully saturated rings. The monoisotopic (exact) mass is 314 g/mol. The second-order valence-corrected chi connectivity index (χ2v) is 6.85. The van der Waals surface area contributed by atoms with Crippen LogP contribution >= 0.6 is 12.2 Å². The molecular weight excluding hydrogens is 284 g/mol. The van der Waals surface area contributed by atoms with E-state index in [2.05, 4.69) is 19.2 Å². The van der Waals surface area contributed by atoms with Gasteiger partial charge in [-0.25, -0.2) is 0 Å². The normalized spacial score (nSPS) is 17.7. The average Bonchev–Trinajstić information content (AvgIpc) is 2.46. The molecule has 0 aromatic rings. The highest BCUT2D eigenvalue weighted by Crippen LogP contribution is 2.31. The summed E-state index contributed by atoms with van der Waals surface area (Å²) in [6.07, 6.45) is 7.19. The second kappa shape index (κ2) is 9.36.